The molecule has 0 atom stereocenters. The van der Waals surface area contributed by atoms with E-state index in [1.165, 1.54) is 12.4 Å². The third-order valence-corrected chi connectivity index (χ3v) is 5.51. The van der Waals surface area contributed by atoms with Gasteiger partial charge < -0.3 is 10.1 Å². The third kappa shape index (κ3) is 5.68. The molecule has 0 saturated carbocycles. The quantitative estimate of drug-likeness (QED) is 0.525. The van der Waals surface area contributed by atoms with Crippen LogP contribution in [0, 0.1) is 0 Å². The molecule has 0 aliphatic rings. The predicted octanol–water partition coefficient (Wildman–Crippen LogP) is 3.40. The first-order chi connectivity index (χ1) is 14.4. The van der Waals surface area contributed by atoms with Gasteiger partial charge in [0.25, 0.3) is 5.56 Å². The van der Waals surface area contributed by atoms with Crippen molar-refractivity contribution >= 4 is 22.2 Å². The van der Waals surface area contributed by atoms with Crippen LogP contribution in [0.4, 0.5) is 0 Å². The number of rotatable bonds is 5. The predicted molar refractivity (Wildman–Crippen MR) is 123 cm³/mol. The number of nitrogens with zero attached hydrogens (tertiary/aromatic N) is 1. The number of aromatic nitrogens is 2. The van der Waals surface area contributed by atoms with E-state index in [1.54, 1.807) is 42.5 Å². The number of nitrogens with one attached hydrogen (secondary N) is 1. The highest BCUT2D eigenvalue weighted by Crippen LogP contribution is 2.36. The second-order valence-electron chi connectivity index (χ2n) is 8.36. The Morgan fingerprint density at radius 3 is 2.39 bits per heavy atom. The number of aromatic hydroxyl groups is 1. The number of nitrogens with two attached hydrogens (primary N) is 1. The lowest BCUT2D eigenvalue weighted by molar-refractivity contribution is 0.474. The van der Waals surface area contributed by atoms with Gasteiger partial charge in [0.2, 0.25) is 10.0 Å². The molecule has 0 spiro atoms. The Balaban J connectivity index is 2.03. The number of hydrogen-bond donors (Lipinski definition) is 3. The van der Waals surface area contributed by atoms with Crippen LogP contribution in [0.5, 0.6) is 5.75 Å². The minimum Gasteiger partial charge on any atom is -0.507 e. The van der Waals surface area contributed by atoms with E-state index in [2.05, 4.69) is 9.97 Å². The molecule has 0 aliphatic heterocycles. The molecule has 2 aromatic carbocycles. The Labute approximate surface area is 181 Å². The highest BCUT2D eigenvalue weighted by molar-refractivity contribution is 7.88. The summed E-state index contributed by atoms with van der Waals surface area (Å²) >= 11 is 0. The molecule has 0 aliphatic carbocycles. The summed E-state index contributed by atoms with van der Waals surface area (Å²) in [5.74, 6) is -0.271. The number of sulfonamides is 1. The van der Waals surface area contributed by atoms with Crippen molar-refractivity contribution in [3.63, 3.8) is 0 Å². The van der Waals surface area contributed by atoms with Crippen LogP contribution in [0.2, 0.25) is 0 Å². The van der Waals surface area contributed by atoms with Crippen molar-refractivity contribution in [1.82, 2.24) is 9.97 Å². The monoisotopic (exact) mass is 439 g/mol. The van der Waals surface area contributed by atoms with Crippen LogP contribution in [0.25, 0.3) is 23.4 Å². The van der Waals surface area contributed by atoms with E-state index in [0.29, 0.717) is 16.7 Å². The number of benzene rings is 2. The largest absolute Gasteiger partial charge is 0.507 e. The lowest BCUT2D eigenvalue weighted by atomic mass is 9.84. The molecule has 8 heteroatoms. The number of phenols is 1. The Hall–Kier alpha value is -3.23. The second-order valence-corrected chi connectivity index (χ2v) is 9.98. The molecule has 7 nitrogen and oxygen atoms in total. The number of H-pyrrole nitrogens is 1. The van der Waals surface area contributed by atoms with E-state index in [-0.39, 0.29) is 28.2 Å². The zero-order valence-corrected chi connectivity index (χ0v) is 18.4. The first kappa shape index (κ1) is 22.5. The maximum Gasteiger partial charge on any atom is 0.274 e. The average molecular weight is 440 g/mol. The van der Waals surface area contributed by atoms with Crippen molar-refractivity contribution in [3.05, 3.63) is 81.4 Å². The van der Waals surface area contributed by atoms with Crippen LogP contribution in [0.3, 0.4) is 0 Å². The number of primary sulfonamides is 1. The summed E-state index contributed by atoms with van der Waals surface area (Å²) in [6.45, 7) is 6.14. The van der Waals surface area contributed by atoms with Crippen molar-refractivity contribution in [1.29, 1.82) is 0 Å². The van der Waals surface area contributed by atoms with E-state index in [9.17, 15) is 18.3 Å². The molecule has 0 saturated heterocycles. The van der Waals surface area contributed by atoms with Gasteiger partial charge in [-0.05, 0) is 34.2 Å². The fraction of sp³-hybridized carbons (Fsp3) is 0.217. The Morgan fingerprint density at radius 1 is 1.13 bits per heavy atom. The molecule has 1 aromatic heterocycles. The molecule has 1 heterocycles. The summed E-state index contributed by atoms with van der Waals surface area (Å²) in [7, 11) is -3.59. The van der Waals surface area contributed by atoms with Gasteiger partial charge in [-0.15, -0.1) is 0 Å². The van der Waals surface area contributed by atoms with Gasteiger partial charge in [0.15, 0.2) is 0 Å². The van der Waals surface area contributed by atoms with Gasteiger partial charge in [0.1, 0.15) is 11.4 Å². The van der Waals surface area contributed by atoms with Crippen LogP contribution < -0.4 is 10.7 Å². The molecular formula is C23H25N3O4S. The van der Waals surface area contributed by atoms with Gasteiger partial charge in [-0.2, -0.15) is 0 Å². The summed E-state index contributed by atoms with van der Waals surface area (Å²) in [6.07, 6.45) is 6.46. The molecule has 3 aromatic rings. The number of aromatic amines is 1. The SMILES string of the molecule is CC(C)(C)c1cc(C=Cc2ccc(CS(N)(=O)=O)cc2)c(O)c(-c2ncc[nH]c2=O)c1. The fourth-order valence-corrected chi connectivity index (χ4v) is 3.74. The van der Waals surface area contributed by atoms with E-state index >= 15 is 0 Å². The van der Waals surface area contributed by atoms with Crippen molar-refractivity contribution in [2.75, 3.05) is 0 Å². The Bertz CT molecular complexity index is 1290. The van der Waals surface area contributed by atoms with E-state index < -0.39 is 10.0 Å². The molecule has 4 N–H and O–H groups in total. The summed E-state index contributed by atoms with van der Waals surface area (Å²) in [5.41, 5.74) is 2.79. The zero-order valence-electron chi connectivity index (χ0n) is 17.6. The normalized spacial score (nSPS) is 12.4. The smallest absolute Gasteiger partial charge is 0.274 e. The first-order valence-corrected chi connectivity index (χ1v) is 11.3. The van der Waals surface area contributed by atoms with E-state index in [0.717, 1.165) is 11.1 Å². The Kier molecular flexibility index (Phi) is 6.15. The summed E-state index contributed by atoms with van der Waals surface area (Å²) in [6, 6.07) is 10.6. The maximum absolute atomic E-state index is 12.3. The standard InChI is InChI=1S/C23H25N3O4S/c1-23(2,3)18-12-17(21(27)19(13-18)20-22(28)26-11-10-25-20)9-8-15-4-6-16(7-5-15)14-31(24,29)30/h4-13,27H,14H2,1-3H3,(H,26,28)(H2,24,29,30). The van der Waals surface area contributed by atoms with Gasteiger partial charge in [-0.1, -0.05) is 57.2 Å². The fourth-order valence-electron chi connectivity index (χ4n) is 3.08. The topological polar surface area (TPSA) is 126 Å². The lowest BCUT2D eigenvalue weighted by Crippen LogP contribution is -2.14. The number of hydrogen-bond acceptors (Lipinski definition) is 5. The highest BCUT2D eigenvalue weighted by Gasteiger charge is 2.20. The van der Waals surface area contributed by atoms with E-state index in [4.69, 9.17) is 5.14 Å². The molecule has 0 radical (unpaired) electrons. The van der Waals surface area contributed by atoms with Crippen molar-refractivity contribution < 1.29 is 13.5 Å². The maximum atomic E-state index is 12.3. The van der Waals surface area contributed by atoms with Crippen LogP contribution in [-0.2, 0) is 21.2 Å². The molecule has 0 fully saturated rings. The van der Waals surface area contributed by atoms with Gasteiger partial charge in [-0.25, -0.2) is 18.5 Å². The van der Waals surface area contributed by atoms with Gasteiger partial charge >= 0.3 is 0 Å². The van der Waals surface area contributed by atoms with Crippen molar-refractivity contribution in [2.24, 2.45) is 5.14 Å². The van der Waals surface area contributed by atoms with Crippen molar-refractivity contribution in [3.8, 4) is 17.0 Å². The molecule has 162 valence electrons. The van der Waals surface area contributed by atoms with Crippen molar-refractivity contribution in [2.45, 2.75) is 31.9 Å². The molecule has 3 rings (SSSR count). The molecule has 0 bridgehead atoms. The highest BCUT2D eigenvalue weighted by atomic mass is 32.2. The van der Waals surface area contributed by atoms with Crippen LogP contribution in [-0.4, -0.2) is 23.5 Å². The third-order valence-electron chi connectivity index (χ3n) is 4.77. The number of phenolic OH excluding ortho intramolecular Hbond substituents is 1. The summed E-state index contributed by atoms with van der Waals surface area (Å²) in [4.78, 5) is 19.0. The molecule has 0 amide bonds. The molecule has 0 unspecified atom stereocenters. The average Bonchev–Trinajstić information content (AvgIpc) is 2.67. The summed E-state index contributed by atoms with van der Waals surface area (Å²) in [5, 5.41) is 16.0. The van der Waals surface area contributed by atoms with Gasteiger partial charge in [0.05, 0.1) is 5.75 Å². The van der Waals surface area contributed by atoms with Crippen LogP contribution in [0.15, 0.2) is 53.6 Å². The van der Waals surface area contributed by atoms with Gasteiger partial charge in [0, 0.05) is 23.5 Å². The minimum absolute atomic E-state index is 0.0423. The van der Waals surface area contributed by atoms with Crippen LogP contribution in [0.1, 0.15) is 43.0 Å². The van der Waals surface area contributed by atoms with E-state index in [1.807, 2.05) is 26.8 Å². The van der Waals surface area contributed by atoms with Gasteiger partial charge in [-0.3, -0.25) is 4.79 Å². The second kappa shape index (κ2) is 8.49. The lowest BCUT2D eigenvalue weighted by Gasteiger charge is -2.21. The summed E-state index contributed by atoms with van der Waals surface area (Å²) < 4.78 is 22.5. The molecule has 31 heavy (non-hydrogen) atoms. The minimum atomic E-state index is -3.59. The van der Waals surface area contributed by atoms with Crippen LogP contribution >= 0.6 is 0 Å². The molecular weight excluding hydrogens is 414 g/mol. The first-order valence-electron chi connectivity index (χ1n) is 9.63. The Morgan fingerprint density at radius 2 is 1.81 bits per heavy atom. The zero-order chi connectivity index (χ0) is 22.8.